The van der Waals surface area contributed by atoms with Gasteiger partial charge in [-0.05, 0) is 54.1 Å². The zero-order chi connectivity index (χ0) is 28.7. The summed E-state index contributed by atoms with van der Waals surface area (Å²) in [5.41, 5.74) is 3.33. The Labute approximate surface area is 236 Å². The maximum Gasteiger partial charge on any atom is 0.416 e. The molecule has 0 aliphatic carbocycles. The smallest absolute Gasteiger partial charge is 0.416 e. The van der Waals surface area contributed by atoms with Crippen molar-refractivity contribution in [2.45, 2.75) is 12.7 Å². The van der Waals surface area contributed by atoms with Crippen LogP contribution < -0.4 is 20.1 Å². The first-order chi connectivity index (χ1) is 20.4. The Morgan fingerprint density at radius 3 is 2.38 bits per heavy atom. The van der Waals surface area contributed by atoms with Crippen molar-refractivity contribution in [3.63, 3.8) is 0 Å². The van der Waals surface area contributed by atoms with E-state index in [1.54, 1.807) is 35.6 Å². The second kappa shape index (κ2) is 10.1. The zero-order valence-corrected chi connectivity index (χ0v) is 21.7. The van der Waals surface area contributed by atoms with E-state index in [1.165, 1.54) is 12.1 Å². The number of benzene rings is 3. The van der Waals surface area contributed by atoms with Crippen molar-refractivity contribution < 1.29 is 22.6 Å². The van der Waals surface area contributed by atoms with Crippen LogP contribution in [0.4, 0.5) is 36.3 Å². The highest BCUT2D eigenvalue weighted by atomic mass is 19.4. The first kappa shape index (κ1) is 25.4. The molecule has 13 heteroatoms. The predicted octanol–water partition coefficient (Wildman–Crippen LogP) is 6.30. The third kappa shape index (κ3) is 5.03. The summed E-state index contributed by atoms with van der Waals surface area (Å²) in [5.74, 6) is 1.99. The van der Waals surface area contributed by atoms with Crippen LogP contribution in [-0.2, 0) is 12.7 Å². The lowest BCUT2D eigenvalue weighted by molar-refractivity contribution is -0.137. The standard InChI is InChI=1S/C29H21F3N8O2/c30-29(31,32)19-3-1-18(2-4-19)14-40-16-34-25-26(35-21-7-10-23-24(13-21)42-17-41-23)37-28(38-27(25)40)36-20-5-8-22(9-6-20)39-12-11-33-15-39/h1-13,15-16H,14,17H2,(H2,35,36,37,38). The van der Waals surface area contributed by atoms with Crippen LogP contribution in [0, 0.1) is 0 Å². The topological polar surface area (TPSA) is 104 Å². The summed E-state index contributed by atoms with van der Waals surface area (Å²) in [7, 11) is 0. The lowest BCUT2D eigenvalue weighted by atomic mass is 10.1. The second-order valence-corrected chi connectivity index (χ2v) is 9.47. The zero-order valence-electron chi connectivity index (χ0n) is 21.7. The molecule has 7 rings (SSSR count). The summed E-state index contributed by atoms with van der Waals surface area (Å²) < 4.78 is 53.7. The molecule has 1 aliphatic heterocycles. The van der Waals surface area contributed by atoms with Crippen molar-refractivity contribution in [1.82, 2.24) is 29.1 Å². The molecular weight excluding hydrogens is 549 g/mol. The van der Waals surface area contributed by atoms with E-state index < -0.39 is 11.7 Å². The van der Waals surface area contributed by atoms with Crippen LogP contribution in [0.15, 0.2) is 91.8 Å². The van der Waals surface area contributed by atoms with Crippen LogP contribution in [0.3, 0.4) is 0 Å². The first-order valence-electron chi connectivity index (χ1n) is 12.8. The maximum absolute atomic E-state index is 13.1. The van der Waals surface area contributed by atoms with Gasteiger partial charge in [0.15, 0.2) is 28.5 Å². The van der Waals surface area contributed by atoms with E-state index in [0.29, 0.717) is 45.7 Å². The van der Waals surface area contributed by atoms with Crippen molar-refractivity contribution in [3.8, 4) is 17.2 Å². The molecule has 42 heavy (non-hydrogen) atoms. The molecule has 10 nitrogen and oxygen atoms in total. The van der Waals surface area contributed by atoms with E-state index >= 15 is 0 Å². The molecule has 0 saturated carbocycles. The molecule has 3 aromatic carbocycles. The van der Waals surface area contributed by atoms with E-state index in [0.717, 1.165) is 23.5 Å². The Balaban J connectivity index is 1.23. The van der Waals surface area contributed by atoms with Gasteiger partial charge in [-0.1, -0.05) is 12.1 Å². The highest BCUT2D eigenvalue weighted by Gasteiger charge is 2.30. The van der Waals surface area contributed by atoms with E-state index in [2.05, 4.69) is 20.6 Å². The Morgan fingerprint density at radius 2 is 1.62 bits per heavy atom. The number of fused-ring (bicyclic) bond motifs is 2. The van der Waals surface area contributed by atoms with E-state index in [4.69, 9.17) is 19.4 Å². The Hall–Kier alpha value is -5.59. The first-order valence-corrected chi connectivity index (χ1v) is 12.8. The molecule has 0 radical (unpaired) electrons. The van der Waals surface area contributed by atoms with Crippen LogP contribution in [0.2, 0.25) is 0 Å². The number of halogens is 3. The Kier molecular flexibility index (Phi) is 6.11. The molecule has 4 heterocycles. The average Bonchev–Trinajstić information content (AvgIpc) is 3.75. The minimum absolute atomic E-state index is 0.151. The predicted molar refractivity (Wildman–Crippen MR) is 149 cm³/mol. The van der Waals surface area contributed by atoms with Gasteiger partial charge in [0.1, 0.15) is 0 Å². The fraction of sp³-hybridized carbons (Fsp3) is 0.103. The molecule has 0 atom stereocenters. The monoisotopic (exact) mass is 570 g/mol. The minimum Gasteiger partial charge on any atom is -0.454 e. The molecule has 1 aliphatic rings. The highest BCUT2D eigenvalue weighted by Crippen LogP contribution is 2.36. The molecule has 0 unspecified atom stereocenters. The van der Waals surface area contributed by atoms with Crippen LogP contribution >= 0.6 is 0 Å². The van der Waals surface area contributed by atoms with Gasteiger partial charge in [-0.3, -0.25) is 0 Å². The van der Waals surface area contributed by atoms with Crippen molar-refractivity contribution in [2.24, 2.45) is 0 Å². The third-order valence-electron chi connectivity index (χ3n) is 6.66. The summed E-state index contributed by atoms with van der Waals surface area (Å²) in [5, 5.41) is 6.54. The number of hydrogen-bond donors (Lipinski definition) is 2. The van der Waals surface area contributed by atoms with E-state index in [1.807, 2.05) is 41.1 Å². The molecule has 0 fully saturated rings. The molecule has 2 N–H and O–H groups in total. The lowest BCUT2D eigenvalue weighted by Gasteiger charge is -2.12. The molecule has 0 amide bonds. The van der Waals surface area contributed by atoms with Crippen molar-refractivity contribution >= 4 is 34.3 Å². The molecule has 3 aromatic heterocycles. The minimum atomic E-state index is -4.40. The van der Waals surface area contributed by atoms with Crippen LogP contribution in [0.5, 0.6) is 11.5 Å². The highest BCUT2D eigenvalue weighted by molar-refractivity contribution is 5.87. The molecular formula is C29H21F3N8O2. The SMILES string of the molecule is FC(F)(F)c1ccc(Cn2cnc3c(Nc4ccc5c(c4)OCO5)nc(Nc4ccc(-n5ccnc5)cc4)nc32)cc1. The number of alkyl halides is 3. The maximum atomic E-state index is 13.1. The van der Waals surface area contributed by atoms with Gasteiger partial charge in [-0.25, -0.2) is 9.97 Å². The molecule has 0 spiro atoms. The van der Waals surface area contributed by atoms with Gasteiger partial charge >= 0.3 is 6.18 Å². The lowest BCUT2D eigenvalue weighted by Crippen LogP contribution is -2.06. The van der Waals surface area contributed by atoms with Gasteiger partial charge in [-0.15, -0.1) is 0 Å². The number of imidazole rings is 2. The number of nitrogens with one attached hydrogen (secondary N) is 2. The largest absolute Gasteiger partial charge is 0.454 e. The number of anilines is 4. The van der Waals surface area contributed by atoms with Crippen molar-refractivity contribution in [3.05, 3.63) is 103 Å². The van der Waals surface area contributed by atoms with Gasteiger partial charge in [0.05, 0.1) is 24.8 Å². The molecule has 6 aromatic rings. The molecule has 0 saturated heterocycles. The average molecular weight is 571 g/mol. The van der Waals surface area contributed by atoms with Gasteiger partial charge in [-0.2, -0.15) is 23.1 Å². The Morgan fingerprint density at radius 1 is 0.833 bits per heavy atom. The second-order valence-electron chi connectivity index (χ2n) is 9.47. The van der Waals surface area contributed by atoms with Gasteiger partial charge in [0, 0.05) is 35.5 Å². The number of hydrogen-bond acceptors (Lipinski definition) is 8. The van der Waals surface area contributed by atoms with E-state index in [9.17, 15) is 13.2 Å². The summed E-state index contributed by atoms with van der Waals surface area (Å²) >= 11 is 0. The third-order valence-corrected chi connectivity index (χ3v) is 6.66. The number of nitrogens with zero attached hydrogens (tertiary/aromatic N) is 6. The summed E-state index contributed by atoms with van der Waals surface area (Å²) in [4.78, 5) is 18.0. The quantitative estimate of drug-likeness (QED) is 0.231. The molecule has 0 bridgehead atoms. The van der Waals surface area contributed by atoms with Crippen LogP contribution in [-0.4, -0.2) is 35.9 Å². The fourth-order valence-corrected chi connectivity index (χ4v) is 4.57. The normalized spacial score (nSPS) is 12.5. The summed E-state index contributed by atoms with van der Waals surface area (Å²) in [6.07, 6.45) is 2.46. The van der Waals surface area contributed by atoms with Crippen molar-refractivity contribution in [1.29, 1.82) is 0 Å². The van der Waals surface area contributed by atoms with Gasteiger partial charge < -0.3 is 29.2 Å². The van der Waals surface area contributed by atoms with Crippen LogP contribution in [0.25, 0.3) is 16.9 Å². The molecule has 210 valence electrons. The van der Waals surface area contributed by atoms with E-state index in [-0.39, 0.29) is 13.3 Å². The van der Waals surface area contributed by atoms with Gasteiger partial charge in [0.25, 0.3) is 0 Å². The fourth-order valence-electron chi connectivity index (χ4n) is 4.57. The number of rotatable bonds is 7. The number of ether oxygens (including phenoxy) is 2. The number of aromatic nitrogens is 6. The van der Waals surface area contributed by atoms with Gasteiger partial charge in [0.2, 0.25) is 12.7 Å². The van der Waals surface area contributed by atoms with Crippen LogP contribution in [0.1, 0.15) is 11.1 Å². The van der Waals surface area contributed by atoms with Crippen molar-refractivity contribution in [2.75, 3.05) is 17.4 Å². The summed E-state index contributed by atoms with van der Waals surface area (Å²) in [6, 6.07) is 18.1. The Bertz CT molecular complexity index is 1870. The summed E-state index contributed by atoms with van der Waals surface area (Å²) in [6.45, 7) is 0.409.